The summed E-state index contributed by atoms with van der Waals surface area (Å²) < 4.78 is 26.2. The average molecular weight is 294 g/mol. The minimum absolute atomic E-state index is 0.0375. The molecule has 0 bridgehead atoms. The van der Waals surface area contributed by atoms with Crippen LogP contribution in [0.4, 0.5) is 5.69 Å². The van der Waals surface area contributed by atoms with E-state index >= 15 is 0 Å². The Kier molecular flexibility index (Phi) is 2.64. The van der Waals surface area contributed by atoms with Gasteiger partial charge in [0.25, 0.3) is 5.91 Å². The standard InChI is InChI=1S/C11H10N4O4S/c16-10-2-1-7(8-3-4-12-13-8)5-9(10)15-6-11(17)14-20(15,18)19/h1-5,16H,6H2,(H,12,13)(H,14,17). The van der Waals surface area contributed by atoms with Gasteiger partial charge in [0.05, 0.1) is 11.4 Å². The zero-order chi connectivity index (χ0) is 14.3. The molecule has 0 atom stereocenters. The van der Waals surface area contributed by atoms with Crippen LogP contribution in [-0.2, 0) is 15.0 Å². The molecular weight excluding hydrogens is 284 g/mol. The first kappa shape index (κ1) is 12.5. The highest BCUT2D eigenvalue weighted by molar-refractivity contribution is 7.92. The minimum atomic E-state index is -3.95. The maximum Gasteiger partial charge on any atom is 0.326 e. The molecule has 0 spiro atoms. The van der Waals surface area contributed by atoms with Crippen LogP contribution in [0.2, 0.25) is 0 Å². The van der Waals surface area contributed by atoms with Crippen LogP contribution in [0, 0.1) is 0 Å². The highest BCUT2D eigenvalue weighted by Gasteiger charge is 2.35. The molecule has 9 heteroatoms. The third kappa shape index (κ3) is 1.97. The first-order chi connectivity index (χ1) is 9.47. The number of benzene rings is 1. The number of carbonyl (C=O) groups is 1. The van der Waals surface area contributed by atoms with Gasteiger partial charge in [-0.25, -0.2) is 9.03 Å². The zero-order valence-corrected chi connectivity index (χ0v) is 10.9. The van der Waals surface area contributed by atoms with E-state index in [1.165, 1.54) is 12.1 Å². The summed E-state index contributed by atoms with van der Waals surface area (Å²) in [4.78, 5) is 11.2. The Bertz CT molecular complexity index is 770. The molecule has 20 heavy (non-hydrogen) atoms. The Morgan fingerprint density at radius 2 is 2.10 bits per heavy atom. The molecule has 0 aliphatic carbocycles. The molecule has 1 amide bonds. The van der Waals surface area contributed by atoms with Gasteiger partial charge in [0.15, 0.2) is 0 Å². The Hall–Kier alpha value is -2.55. The van der Waals surface area contributed by atoms with Gasteiger partial charge in [0, 0.05) is 11.8 Å². The molecule has 1 saturated heterocycles. The Balaban J connectivity index is 2.10. The monoisotopic (exact) mass is 294 g/mol. The van der Waals surface area contributed by atoms with Crippen molar-refractivity contribution in [3.05, 3.63) is 30.5 Å². The molecule has 1 aliphatic heterocycles. The van der Waals surface area contributed by atoms with Crippen LogP contribution in [-0.4, -0.2) is 36.2 Å². The van der Waals surface area contributed by atoms with E-state index in [0.29, 0.717) is 11.3 Å². The fraction of sp³-hybridized carbons (Fsp3) is 0.0909. The summed E-state index contributed by atoms with van der Waals surface area (Å²) in [5.41, 5.74) is 1.35. The van der Waals surface area contributed by atoms with Crippen molar-refractivity contribution in [2.75, 3.05) is 10.8 Å². The van der Waals surface area contributed by atoms with Crippen molar-refractivity contribution in [2.24, 2.45) is 0 Å². The van der Waals surface area contributed by atoms with Crippen molar-refractivity contribution in [3.8, 4) is 17.0 Å². The smallest absolute Gasteiger partial charge is 0.326 e. The number of amides is 1. The van der Waals surface area contributed by atoms with Crippen LogP contribution in [0.25, 0.3) is 11.3 Å². The fourth-order valence-electron chi connectivity index (χ4n) is 1.97. The molecule has 104 valence electrons. The number of phenolic OH excluding ortho intramolecular Hbond substituents is 1. The number of nitrogens with zero attached hydrogens (tertiary/aromatic N) is 2. The number of H-pyrrole nitrogens is 1. The lowest BCUT2D eigenvalue weighted by molar-refractivity contribution is -0.117. The number of aromatic amines is 1. The van der Waals surface area contributed by atoms with Crippen LogP contribution in [0.1, 0.15) is 0 Å². The molecular formula is C11H10N4O4S. The molecule has 3 rings (SSSR count). The predicted molar refractivity (Wildman–Crippen MR) is 70.1 cm³/mol. The Labute approximate surface area is 114 Å². The highest BCUT2D eigenvalue weighted by atomic mass is 32.2. The van der Waals surface area contributed by atoms with Gasteiger partial charge in [-0.15, -0.1) is 0 Å². The summed E-state index contributed by atoms with van der Waals surface area (Å²) in [5.74, 6) is -0.871. The van der Waals surface area contributed by atoms with E-state index in [9.17, 15) is 18.3 Å². The summed E-state index contributed by atoms with van der Waals surface area (Å²) in [5, 5.41) is 16.4. The summed E-state index contributed by atoms with van der Waals surface area (Å²) in [6.07, 6.45) is 1.56. The second-order valence-corrected chi connectivity index (χ2v) is 5.81. The van der Waals surface area contributed by atoms with E-state index in [0.717, 1.165) is 4.31 Å². The maximum atomic E-state index is 11.8. The van der Waals surface area contributed by atoms with Gasteiger partial charge in [-0.05, 0) is 24.3 Å². The van der Waals surface area contributed by atoms with Gasteiger partial charge in [-0.2, -0.15) is 13.5 Å². The molecule has 1 aromatic heterocycles. The fourth-order valence-corrected chi connectivity index (χ4v) is 3.12. The zero-order valence-electron chi connectivity index (χ0n) is 10.1. The van der Waals surface area contributed by atoms with E-state index in [1.807, 2.05) is 4.72 Å². The first-order valence-corrected chi connectivity index (χ1v) is 7.07. The number of aromatic hydroxyl groups is 1. The largest absolute Gasteiger partial charge is 0.506 e. The van der Waals surface area contributed by atoms with Gasteiger partial charge in [-0.1, -0.05) is 0 Å². The van der Waals surface area contributed by atoms with Crippen molar-refractivity contribution in [2.45, 2.75) is 0 Å². The van der Waals surface area contributed by atoms with Crippen molar-refractivity contribution >= 4 is 21.8 Å². The number of phenols is 1. The quantitative estimate of drug-likeness (QED) is 0.719. The highest BCUT2D eigenvalue weighted by Crippen LogP contribution is 2.34. The summed E-state index contributed by atoms with van der Waals surface area (Å²) in [7, 11) is -3.95. The number of hydrogen-bond acceptors (Lipinski definition) is 5. The summed E-state index contributed by atoms with van der Waals surface area (Å²) in [6, 6.07) is 6.16. The number of anilines is 1. The molecule has 0 radical (unpaired) electrons. The first-order valence-electron chi connectivity index (χ1n) is 5.63. The Morgan fingerprint density at radius 1 is 1.30 bits per heavy atom. The molecule has 1 aliphatic rings. The molecule has 0 unspecified atom stereocenters. The number of nitrogens with one attached hydrogen (secondary N) is 2. The lowest BCUT2D eigenvalue weighted by Crippen LogP contribution is -2.29. The van der Waals surface area contributed by atoms with E-state index in [2.05, 4.69) is 10.2 Å². The van der Waals surface area contributed by atoms with Crippen LogP contribution in [0.15, 0.2) is 30.5 Å². The van der Waals surface area contributed by atoms with Crippen molar-refractivity contribution in [3.63, 3.8) is 0 Å². The van der Waals surface area contributed by atoms with Gasteiger partial charge < -0.3 is 5.11 Å². The number of aromatic nitrogens is 2. The van der Waals surface area contributed by atoms with Gasteiger partial charge >= 0.3 is 10.2 Å². The molecule has 1 aromatic carbocycles. The number of carbonyl (C=O) groups excluding carboxylic acids is 1. The average Bonchev–Trinajstić information content (AvgIpc) is 2.98. The van der Waals surface area contributed by atoms with E-state index < -0.39 is 16.1 Å². The second kappa shape index (κ2) is 4.23. The molecule has 2 heterocycles. The van der Waals surface area contributed by atoms with Crippen LogP contribution < -0.4 is 9.03 Å². The maximum absolute atomic E-state index is 11.8. The predicted octanol–water partition coefficient (Wildman–Crippen LogP) is -0.0367. The number of hydrogen-bond donors (Lipinski definition) is 3. The third-order valence-corrected chi connectivity index (χ3v) is 4.27. The minimum Gasteiger partial charge on any atom is -0.506 e. The lowest BCUT2D eigenvalue weighted by atomic mass is 10.1. The van der Waals surface area contributed by atoms with Gasteiger partial charge in [0.1, 0.15) is 12.3 Å². The Morgan fingerprint density at radius 3 is 2.70 bits per heavy atom. The van der Waals surface area contributed by atoms with E-state index in [-0.39, 0.29) is 18.0 Å². The number of rotatable bonds is 2. The van der Waals surface area contributed by atoms with Gasteiger partial charge in [0.2, 0.25) is 0 Å². The summed E-state index contributed by atoms with van der Waals surface area (Å²) in [6.45, 7) is -0.359. The molecule has 8 nitrogen and oxygen atoms in total. The molecule has 0 saturated carbocycles. The third-order valence-electron chi connectivity index (χ3n) is 2.88. The van der Waals surface area contributed by atoms with Crippen molar-refractivity contribution in [1.82, 2.24) is 14.9 Å². The normalized spacial score (nSPS) is 17.2. The van der Waals surface area contributed by atoms with Crippen LogP contribution >= 0.6 is 0 Å². The topological polar surface area (TPSA) is 115 Å². The molecule has 1 fully saturated rings. The second-order valence-electron chi connectivity index (χ2n) is 4.21. The van der Waals surface area contributed by atoms with Crippen molar-refractivity contribution in [1.29, 1.82) is 0 Å². The molecule has 2 aromatic rings. The van der Waals surface area contributed by atoms with Crippen LogP contribution in [0.5, 0.6) is 5.75 Å². The summed E-state index contributed by atoms with van der Waals surface area (Å²) >= 11 is 0. The van der Waals surface area contributed by atoms with E-state index in [4.69, 9.17) is 0 Å². The molecule has 3 N–H and O–H groups in total. The SMILES string of the molecule is O=C1CN(c2cc(-c3ccn[nH]3)ccc2O)S(=O)(=O)N1. The lowest BCUT2D eigenvalue weighted by Gasteiger charge is -2.16. The van der Waals surface area contributed by atoms with Gasteiger partial charge in [-0.3, -0.25) is 9.89 Å². The van der Waals surface area contributed by atoms with E-state index in [1.54, 1.807) is 18.3 Å². The van der Waals surface area contributed by atoms with Crippen molar-refractivity contribution < 1.29 is 18.3 Å². The van der Waals surface area contributed by atoms with Crippen LogP contribution in [0.3, 0.4) is 0 Å².